The third kappa shape index (κ3) is 2.76. The lowest BCUT2D eigenvalue weighted by Gasteiger charge is -2.10. The van der Waals surface area contributed by atoms with E-state index in [4.69, 9.17) is 0 Å². The van der Waals surface area contributed by atoms with Gasteiger partial charge in [-0.3, -0.25) is 9.59 Å². The summed E-state index contributed by atoms with van der Waals surface area (Å²) in [6, 6.07) is 11.6. The summed E-state index contributed by atoms with van der Waals surface area (Å²) in [5.74, 6) is -0.0559. The maximum Gasteiger partial charge on any atom is 0.253 e. The molecule has 130 valence electrons. The van der Waals surface area contributed by atoms with Crippen LogP contribution in [-0.4, -0.2) is 54.4 Å². The van der Waals surface area contributed by atoms with Crippen LogP contribution in [0.25, 0.3) is 21.8 Å². The fourth-order valence-electron chi connectivity index (χ4n) is 3.23. The first-order valence-corrected chi connectivity index (χ1v) is 8.34. The average Bonchev–Trinajstić information content (AvgIpc) is 2.92. The van der Waals surface area contributed by atoms with E-state index in [1.54, 1.807) is 38.0 Å². The smallest absolute Gasteiger partial charge is 0.253 e. The number of aryl methyl sites for hydroxylation is 1. The summed E-state index contributed by atoms with van der Waals surface area (Å²) in [7, 11) is 6.98. The van der Waals surface area contributed by atoms with Gasteiger partial charge in [0, 0.05) is 67.7 Å². The molecule has 0 aliphatic heterocycles. The average molecular weight is 337 g/mol. The number of benzene rings is 2. The van der Waals surface area contributed by atoms with Crippen molar-refractivity contribution in [2.75, 3.05) is 28.2 Å². The second-order valence-corrected chi connectivity index (χ2v) is 6.61. The molecule has 25 heavy (non-hydrogen) atoms. The number of carbonyl (C=O) groups excluding carboxylic acids is 2. The van der Waals surface area contributed by atoms with Crippen LogP contribution in [0.15, 0.2) is 36.4 Å². The zero-order valence-electron chi connectivity index (χ0n) is 15.3. The monoisotopic (exact) mass is 337 g/mol. The summed E-state index contributed by atoms with van der Waals surface area (Å²) >= 11 is 0. The molecule has 0 aliphatic carbocycles. The van der Waals surface area contributed by atoms with E-state index in [1.165, 1.54) is 0 Å². The Bertz CT molecular complexity index is 906. The molecule has 0 bridgehead atoms. The lowest BCUT2D eigenvalue weighted by atomic mass is 10.1. The number of carbonyl (C=O) groups is 2. The van der Waals surface area contributed by atoms with Crippen LogP contribution in [0, 0.1) is 0 Å². The van der Waals surface area contributed by atoms with E-state index < -0.39 is 0 Å². The Labute approximate surface area is 147 Å². The number of aromatic nitrogens is 1. The Morgan fingerprint density at radius 3 is 1.52 bits per heavy atom. The Hall–Kier alpha value is -2.82. The molecule has 3 rings (SSSR count). The first-order chi connectivity index (χ1) is 11.8. The molecule has 1 heterocycles. The zero-order chi connectivity index (χ0) is 18.3. The molecule has 0 atom stereocenters. The minimum Gasteiger partial charge on any atom is -0.345 e. The van der Waals surface area contributed by atoms with Gasteiger partial charge in [-0.05, 0) is 43.3 Å². The second kappa shape index (κ2) is 6.24. The summed E-state index contributed by atoms with van der Waals surface area (Å²) in [6.45, 7) is 2.92. The Kier molecular flexibility index (Phi) is 4.25. The Morgan fingerprint density at radius 1 is 0.800 bits per heavy atom. The van der Waals surface area contributed by atoms with Gasteiger partial charge in [-0.25, -0.2) is 0 Å². The van der Waals surface area contributed by atoms with E-state index in [0.29, 0.717) is 11.1 Å². The molecule has 0 saturated carbocycles. The Morgan fingerprint density at radius 2 is 1.20 bits per heavy atom. The fraction of sp³-hybridized carbons (Fsp3) is 0.300. The fourth-order valence-corrected chi connectivity index (χ4v) is 3.23. The summed E-state index contributed by atoms with van der Waals surface area (Å²) in [4.78, 5) is 27.8. The van der Waals surface area contributed by atoms with E-state index in [9.17, 15) is 9.59 Å². The zero-order valence-corrected chi connectivity index (χ0v) is 15.3. The van der Waals surface area contributed by atoms with Crippen LogP contribution < -0.4 is 0 Å². The van der Waals surface area contributed by atoms with Gasteiger partial charge in [-0.15, -0.1) is 0 Å². The minimum atomic E-state index is -0.0279. The summed E-state index contributed by atoms with van der Waals surface area (Å²) in [6.07, 6.45) is 0. The van der Waals surface area contributed by atoms with Gasteiger partial charge < -0.3 is 14.4 Å². The third-order valence-corrected chi connectivity index (χ3v) is 4.49. The molecule has 0 saturated heterocycles. The highest BCUT2D eigenvalue weighted by Crippen LogP contribution is 2.31. The molecule has 5 nitrogen and oxygen atoms in total. The van der Waals surface area contributed by atoms with Crippen molar-refractivity contribution in [2.24, 2.45) is 0 Å². The standard InChI is InChI=1S/C20H23N3O2/c1-6-23-17-9-7-13(19(24)21(2)3)11-15(17)16-12-14(8-10-18(16)23)20(25)22(4)5/h7-12H,6H2,1-5H3. The molecule has 0 fully saturated rings. The molecular formula is C20H23N3O2. The van der Waals surface area contributed by atoms with Crippen LogP contribution in [-0.2, 0) is 6.54 Å². The van der Waals surface area contributed by atoms with Crippen molar-refractivity contribution in [3.63, 3.8) is 0 Å². The van der Waals surface area contributed by atoms with E-state index in [0.717, 1.165) is 28.4 Å². The highest BCUT2D eigenvalue weighted by molar-refractivity contribution is 6.12. The van der Waals surface area contributed by atoms with Crippen LogP contribution in [0.3, 0.4) is 0 Å². The van der Waals surface area contributed by atoms with Gasteiger partial charge in [-0.2, -0.15) is 0 Å². The molecule has 5 heteroatoms. The van der Waals surface area contributed by atoms with Gasteiger partial charge in [0.25, 0.3) is 11.8 Å². The predicted octanol–water partition coefficient (Wildman–Crippen LogP) is 3.22. The lowest BCUT2D eigenvalue weighted by Crippen LogP contribution is -2.21. The second-order valence-electron chi connectivity index (χ2n) is 6.61. The van der Waals surface area contributed by atoms with Gasteiger partial charge >= 0.3 is 0 Å². The molecule has 2 aromatic carbocycles. The lowest BCUT2D eigenvalue weighted by molar-refractivity contribution is 0.0820. The number of hydrogen-bond acceptors (Lipinski definition) is 2. The van der Waals surface area contributed by atoms with Crippen molar-refractivity contribution in [1.29, 1.82) is 0 Å². The van der Waals surface area contributed by atoms with Crippen LogP contribution in [0.1, 0.15) is 27.6 Å². The number of fused-ring (bicyclic) bond motifs is 3. The number of rotatable bonds is 3. The van der Waals surface area contributed by atoms with Gasteiger partial charge in [0.2, 0.25) is 0 Å². The number of hydrogen-bond donors (Lipinski definition) is 0. The quantitative estimate of drug-likeness (QED) is 0.737. The molecule has 2 amide bonds. The van der Waals surface area contributed by atoms with Crippen molar-refractivity contribution in [3.05, 3.63) is 47.5 Å². The van der Waals surface area contributed by atoms with Crippen LogP contribution in [0.4, 0.5) is 0 Å². The van der Waals surface area contributed by atoms with Crippen molar-refractivity contribution >= 4 is 33.6 Å². The molecule has 1 aromatic heterocycles. The molecule has 0 aliphatic rings. The molecule has 0 unspecified atom stereocenters. The molecule has 0 radical (unpaired) electrons. The van der Waals surface area contributed by atoms with E-state index in [-0.39, 0.29) is 11.8 Å². The highest BCUT2D eigenvalue weighted by Gasteiger charge is 2.16. The minimum absolute atomic E-state index is 0.0279. The first kappa shape index (κ1) is 17.0. The summed E-state index contributed by atoms with van der Waals surface area (Å²) in [5, 5.41) is 2.00. The summed E-state index contributed by atoms with van der Waals surface area (Å²) in [5.41, 5.74) is 3.44. The van der Waals surface area contributed by atoms with Crippen molar-refractivity contribution < 1.29 is 9.59 Å². The van der Waals surface area contributed by atoms with Crippen LogP contribution in [0.2, 0.25) is 0 Å². The van der Waals surface area contributed by atoms with Crippen molar-refractivity contribution in [2.45, 2.75) is 13.5 Å². The number of amides is 2. The maximum absolute atomic E-state index is 12.3. The molecule has 0 spiro atoms. The predicted molar refractivity (Wildman–Crippen MR) is 101 cm³/mol. The van der Waals surface area contributed by atoms with E-state index in [2.05, 4.69) is 11.5 Å². The number of nitrogens with zero attached hydrogens (tertiary/aromatic N) is 3. The Balaban J connectivity index is 2.30. The molecular weight excluding hydrogens is 314 g/mol. The highest BCUT2D eigenvalue weighted by atomic mass is 16.2. The SMILES string of the molecule is CCn1c2ccc(C(=O)N(C)C)cc2c2cc(C(=O)N(C)C)ccc21. The first-order valence-electron chi connectivity index (χ1n) is 8.34. The largest absolute Gasteiger partial charge is 0.345 e. The van der Waals surface area contributed by atoms with Crippen molar-refractivity contribution in [1.82, 2.24) is 14.4 Å². The molecule has 0 N–H and O–H groups in total. The van der Waals surface area contributed by atoms with Gasteiger partial charge in [-0.1, -0.05) is 0 Å². The normalized spacial score (nSPS) is 11.1. The van der Waals surface area contributed by atoms with Gasteiger partial charge in [0.05, 0.1) is 0 Å². The summed E-state index contributed by atoms with van der Waals surface area (Å²) < 4.78 is 2.21. The van der Waals surface area contributed by atoms with Crippen molar-refractivity contribution in [3.8, 4) is 0 Å². The topological polar surface area (TPSA) is 45.6 Å². The van der Waals surface area contributed by atoms with E-state index >= 15 is 0 Å². The van der Waals surface area contributed by atoms with Gasteiger partial charge in [0.1, 0.15) is 0 Å². The van der Waals surface area contributed by atoms with Gasteiger partial charge in [0.15, 0.2) is 0 Å². The van der Waals surface area contributed by atoms with Crippen LogP contribution >= 0.6 is 0 Å². The maximum atomic E-state index is 12.3. The van der Waals surface area contributed by atoms with E-state index in [1.807, 2.05) is 36.4 Å². The molecule has 3 aromatic rings. The van der Waals surface area contributed by atoms with Crippen LogP contribution in [0.5, 0.6) is 0 Å². The third-order valence-electron chi connectivity index (χ3n) is 4.49.